The van der Waals surface area contributed by atoms with Gasteiger partial charge in [-0.1, -0.05) is 23.7 Å². The molecule has 1 saturated heterocycles. The Bertz CT molecular complexity index is 1100. The number of rotatable bonds is 9. The first-order valence-electron chi connectivity index (χ1n) is 11.2. The number of piperidine rings is 1. The Balaban J connectivity index is 1.87. The molecule has 1 aliphatic heterocycles. The van der Waals surface area contributed by atoms with E-state index in [2.05, 4.69) is 0 Å². The third kappa shape index (κ3) is 6.01. The summed E-state index contributed by atoms with van der Waals surface area (Å²) in [7, 11) is -4.10. The van der Waals surface area contributed by atoms with Crippen molar-refractivity contribution in [1.82, 2.24) is 4.90 Å². The lowest BCUT2D eigenvalue weighted by Crippen LogP contribution is -2.46. The van der Waals surface area contributed by atoms with Crippen LogP contribution >= 0.6 is 11.6 Å². The van der Waals surface area contributed by atoms with Gasteiger partial charge in [0.2, 0.25) is 5.91 Å². The molecule has 0 aliphatic carbocycles. The van der Waals surface area contributed by atoms with E-state index in [1.165, 1.54) is 24.3 Å². The maximum atomic E-state index is 13.6. The minimum absolute atomic E-state index is 0.0111. The molecule has 2 aromatic carbocycles. The maximum absolute atomic E-state index is 13.6. The highest BCUT2D eigenvalue weighted by Crippen LogP contribution is 2.33. The molecule has 0 aromatic heterocycles. The molecule has 2 aromatic rings. The fourth-order valence-electron chi connectivity index (χ4n) is 3.82. The third-order valence-electron chi connectivity index (χ3n) is 5.58. The molecule has 1 aliphatic rings. The SMILES string of the molecule is CCOC(=O)C1CCN(C(=O)CN(c2ccccc2OCC)S(=O)(=O)c2ccc(Cl)cc2)CC1. The number of carbonyl (C=O) groups is 2. The van der Waals surface area contributed by atoms with Crippen LogP contribution in [-0.4, -0.2) is 58.0 Å². The second-order valence-corrected chi connectivity index (χ2v) is 10.1. The number of nitrogens with zero attached hydrogens (tertiary/aromatic N) is 2. The molecular formula is C24H29ClN2O6S. The molecule has 8 nitrogen and oxygen atoms in total. The van der Waals surface area contributed by atoms with Crippen molar-refractivity contribution in [2.75, 3.05) is 37.2 Å². The number of sulfonamides is 1. The van der Waals surface area contributed by atoms with Crippen molar-refractivity contribution < 1.29 is 27.5 Å². The zero-order chi connectivity index (χ0) is 24.7. The van der Waals surface area contributed by atoms with Gasteiger partial charge in [0.25, 0.3) is 10.0 Å². The highest BCUT2D eigenvalue weighted by molar-refractivity contribution is 7.92. The van der Waals surface area contributed by atoms with Crippen LogP contribution in [0.5, 0.6) is 5.75 Å². The summed E-state index contributed by atoms with van der Waals surface area (Å²) >= 11 is 5.94. The lowest BCUT2D eigenvalue weighted by Gasteiger charge is -2.33. The zero-order valence-electron chi connectivity index (χ0n) is 19.3. The Hall–Kier alpha value is -2.78. The number of carbonyl (C=O) groups excluding carboxylic acids is 2. The summed E-state index contributed by atoms with van der Waals surface area (Å²) in [5.74, 6) is -0.508. The molecule has 1 amide bonds. The van der Waals surface area contributed by atoms with Gasteiger partial charge in [-0.2, -0.15) is 0 Å². The summed E-state index contributed by atoms with van der Waals surface area (Å²) in [6.45, 7) is 4.50. The van der Waals surface area contributed by atoms with E-state index in [-0.39, 0.29) is 28.4 Å². The summed E-state index contributed by atoms with van der Waals surface area (Å²) in [5, 5.41) is 0.403. The molecule has 1 heterocycles. The van der Waals surface area contributed by atoms with E-state index in [4.69, 9.17) is 21.1 Å². The van der Waals surface area contributed by atoms with E-state index >= 15 is 0 Å². The van der Waals surface area contributed by atoms with Gasteiger partial charge in [-0.25, -0.2) is 8.42 Å². The molecule has 0 unspecified atom stereocenters. The molecule has 184 valence electrons. The largest absolute Gasteiger partial charge is 0.492 e. The average Bonchev–Trinajstić information content (AvgIpc) is 2.83. The number of para-hydroxylation sites is 2. The van der Waals surface area contributed by atoms with Crippen LogP contribution in [0.1, 0.15) is 26.7 Å². The molecule has 0 atom stereocenters. The second-order valence-electron chi connectivity index (χ2n) is 7.77. The van der Waals surface area contributed by atoms with Gasteiger partial charge in [0.05, 0.1) is 29.7 Å². The molecule has 34 heavy (non-hydrogen) atoms. The third-order valence-corrected chi connectivity index (χ3v) is 7.61. The van der Waals surface area contributed by atoms with Crippen molar-refractivity contribution in [1.29, 1.82) is 0 Å². The molecule has 0 spiro atoms. The second kappa shape index (κ2) is 11.6. The van der Waals surface area contributed by atoms with Gasteiger partial charge in [0, 0.05) is 18.1 Å². The normalized spacial score (nSPS) is 14.5. The summed E-state index contributed by atoms with van der Waals surface area (Å²) < 4.78 is 39.1. The Kier molecular flexibility index (Phi) is 8.79. The lowest BCUT2D eigenvalue weighted by molar-refractivity contribution is -0.151. The predicted molar refractivity (Wildman–Crippen MR) is 130 cm³/mol. The zero-order valence-corrected chi connectivity index (χ0v) is 20.8. The fourth-order valence-corrected chi connectivity index (χ4v) is 5.37. The number of likely N-dealkylation sites (tertiary alicyclic amines) is 1. The van der Waals surface area contributed by atoms with E-state index in [9.17, 15) is 18.0 Å². The Morgan fingerprint density at radius 1 is 1.03 bits per heavy atom. The van der Waals surface area contributed by atoms with E-state index in [0.717, 1.165) is 4.31 Å². The number of hydrogen-bond acceptors (Lipinski definition) is 6. The topological polar surface area (TPSA) is 93.2 Å². The lowest BCUT2D eigenvalue weighted by atomic mass is 9.97. The summed E-state index contributed by atoms with van der Waals surface area (Å²) in [5.41, 5.74) is 0.272. The van der Waals surface area contributed by atoms with Crippen molar-refractivity contribution in [3.63, 3.8) is 0 Å². The van der Waals surface area contributed by atoms with Crippen LogP contribution in [0.3, 0.4) is 0 Å². The summed E-state index contributed by atoms with van der Waals surface area (Å²) in [6, 6.07) is 12.5. The molecule has 0 bridgehead atoms. The van der Waals surface area contributed by atoms with Crippen LogP contribution in [0.2, 0.25) is 5.02 Å². The fraction of sp³-hybridized carbons (Fsp3) is 0.417. The molecule has 1 fully saturated rings. The summed E-state index contributed by atoms with van der Waals surface area (Å²) in [4.78, 5) is 26.8. The van der Waals surface area contributed by atoms with Crippen LogP contribution in [0.4, 0.5) is 5.69 Å². The van der Waals surface area contributed by atoms with Gasteiger partial charge in [0.15, 0.2) is 0 Å². The molecule has 0 N–H and O–H groups in total. The Morgan fingerprint density at radius 3 is 2.29 bits per heavy atom. The number of halogens is 1. The first-order chi connectivity index (χ1) is 16.3. The van der Waals surface area contributed by atoms with Crippen molar-refractivity contribution in [2.24, 2.45) is 5.92 Å². The van der Waals surface area contributed by atoms with Crippen molar-refractivity contribution in [3.05, 3.63) is 53.6 Å². The molecule has 10 heteroatoms. The van der Waals surface area contributed by atoms with Crippen molar-refractivity contribution >= 4 is 39.2 Å². The Labute approximate surface area is 205 Å². The number of esters is 1. The minimum atomic E-state index is -4.10. The average molecular weight is 509 g/mol. The predicted octanol–water partition coefficient (Wildman–Crippen LogP) is 3.74. The maximum Gasteiger partial charge on any atom is 0.309 e. The quantitative estimate of drug-likeness (QED) is 0.479. The number of amides is 1. The number of ether oxygens (including phenoxy) is 2. The van der Waals surface area contributed by atoms with Gasteiger partial charge in [-0.05, 0) is 63.1 Å². The van der Waals surface area contributed by atoms with Gasteiger partial charge in [-0.15, -0.1) is 0 Å². The van der Waals surface area contributed by atoms with E-state index < -0.39 is 16.6 Å². The number of hydrogen-bond donors (Lipinski definition) is 0. The van der Waals surface area contributed by atoms with Gasteiger partial charge >= 0.3 is 5.97 Å². The van der Waals surface area contributed by atoms with E-state index in [0.29, 0.717) is 49.9 Å². The first-order valence-corrected chi connectivity index (χ1v) is 13.0. The molecule has 0 saturated carbocycles. The van der Waals surface area contributed by atoms with Crippen LogP contribution in [0.25, 0.3) is 0 Å². The number of anilines is 1. The number of benzene rings is 2. The van der Waals surface area contributed by atoms with Gasteiger partial charge in [-0.3, -0.25) is 13.9 Å². The van der Waals surface area contributed by atoms with Crippen LogP contribution in [0.15, 0.2) is 53.4 Å². The highest BCUT2D eigenvalue weighted by Gasteiger charge is 2.33. The van der Waals surface area contributed by atoms with Gasteiger partial charge in [0.1, 0.15) is 12.3 Å². The highest BCUT2D eigenvalue weighted by atomic mass is 35.5. The smallest absolute Gasteiger partial charge is 0.309 e. The van der Waals surface area contributed by atoms with Crippen molar-refractivity contribution in [3.8, 4) is 5.75 Å². The van der Waals surface area contributed by atoms with Gasteiger partial charge < -0.3 is 14.4 Å². The Morgan fingerprint density at radius 2 is 1.68 bits per heavy atom. The molecular weight excluding hydrogens is 480 g/mol. The standard InChI is InChI=1S/C24H29ClN2O6S/c1-3-32-22-8-6-5-7-21(22)27(34(30,31)20-11-9-19(25)10-12-20)17-23(28)26-15-13-18(14-16-26)24(29)33-4-2/h5-12,18H,3-4,13-17H2,1-2H3. The minimum Gasteiger partial charge on any atom is -0.492 e. The van der Waals surface area contributed by atoms with Crippen LogP contribution in [0, 0.1) is 5.92 Å². The van der Waals surface area contributed by atoms with E-state index in [1.54, 1.807) is 43.0 Å². The van der Waals surface area contributed by atoms with E-state index in [1.807, 2.05) is 0 Å². The first kappa shape index (κ1) is 25.8. The summed E-state index contributed by atoms with van der Waals surface area (Å²) in [6.07, 6.45) is 0.952. The molecule has 3 rings (SSSR count). The van der Waals surface area contributed by atoms with Crippen LogP contribution < -0.4 is 9.04 Å². The monoisotopic (exact) mass is 508 g/mol. The van der Waals surface area contributed by atoms with Crippen molar-refractivity contribution in [2.45, 2.75) is 31.6 Å². The molecule has 0 radical (unpaired) electrons. The van der Waals surface area contributed by atoms with Crippen LogP contribution in [-0.2, 0) is 24.3 Å².